The zero-order chi connectivity index (χ0) is 22.9. The Kier molecular flexibility index (Phi) is 8.33. The standard InChI is InChI=1S/C24H30N2O6/c1-17(18-8-9-21(22(16-18)30-3)32-15-14-29-2)25-23(27)10-11-24(28)26-12-13-31-20-7-5-4-6-19(20)26/h4-9,16-17H,10-15H2,1-3H3,(H,25,27). The number of nitrogens with zero attached hydrogens (tertiary/aromatic N) is 1. The number of fused-ring (bicyclic) bond motifs is 1. The summed E-state index contributed by atoms with van der Waals surface area (Å²) in [6.07, 6.45) is 0.237. The first-order valence-corrected chi connectivity index (χ1v) is 10.6. The minimum absolute atomic E-state index is 0.0946. The Morgan fingerprint density at radius 1 is 1.09 bits per heavy atom. The summed E-state index contributed by atoms with van der Waals surface area (Å²) in [5.41, 5.74) is 1.63. The Balaban J connectivity index is 1.53. The van der Waals surface area contributed by atoms with E-state index in [2.05, 4.69) is 5.32 Å². The smallest absolute Gasteiger partial charge is 0.227 e. The number of ether oxygens (including phenoxy) is 4. The van der Waals surface area contributed by atoms with Crippen LogP contribution in [0.3, 0.4) is 0 Å². The molecule has 1 aliphatic rings. The summed E-state index contributed by atoms with van der Waals surface area (Å²) in [6, 6.07) is 12.7. The van der Waals surface area contributed by atoms with Crippen molar-refractivity contribution in [1.82, 2.24) is 5.32 Å². The van der Waals surface area contributed by atoms with Gasteiger partial charge in [-0.1, -0.05) is 18.2 Å². The van der Waals surface area contributed by atoms with Gasteiger partial charge in [-0.2, -0.15) is 0 Å². The third kappa shape index (κ3) is 5.91. The van der Waals surface area contributed by atoms with Crippen LogP contribution in [0.5, 0.6) is 17.2 Å². The second-order valence-electron chi connectivity index (χ2n) is 7.40. The molecule has 2 aromatic carbocycles. The van der Waals surface area contributed by atoms with Crippen LogP contribution in [-0.2, 0) is 14.3 Å². The predicted octanol–water partition coefficient (Wildman–Crippen LogP) is 3.10. The van der Waals surface area contributed by atoms with E-state index >= 15 is 0 Å². The molecule has 172 valence electrons. The van der Waals surface area contributed by atoms with Crippen LogP contribution in [0.15, 0.2) is 42.5 Å². The van der Waals surface area contributed by atoms with Gasteiger partial charge in [0.05, 0.1) is 32.0 Å². The Morgan fingerprint density at radius 3 is 2.69 bits per heavy atom. The lowest BCUT2D eigenvalue weighted by molar-refractivity contribution is -0.125. The van der Waals surface area contributed by atoms with Gasteiger partial charge >= 0.3 is 0 Å². The van der Waals surface area contributed by atoms with E-state index in [-0.39, 0.29) is 30.7 Å². The molecule has 0 aromatic heterocycles. The molecule has 2 aromatic rings. The van der Waals surface area contributed by atoms with Crippen LogP contribution in [0.25, 0.3) is 0 Å². The number of nitrogens with one attached hydrogen (secondary N) is 1. The van der Waals surface area contributed by atoms with E-state index in [4.69, 9.17) is 18.9 Å². The molecule has 8 heteroatoms. The molecule has 1 N–H and O–H groups in total. The summed E-state index contributed by atoms with van der Waals surface area (Å²) in [5, 5.41) is 2.95. The van der Waals surface area contributed by atoms with Crippen molar-refractivity contribution in [2.24, 2.45) is 0 Å². The molecule has 8 nitrogen and oxygen atoms in total. The molecule has 1 aliphatic heterocycles. The minimum Gasteiger partial charge on any atom is -0.493 e. The lowest BCUT2D eigenvalue weighted by atomic mass is 10.1. The zero-order valence-corrected chi connectivity index (χ0v) is 18.8. The van der Waals surface area contributed by atoms with Crippen molar-refractivity contribution in [3.05, 3.63) is 48.0 Å². The lowest BCUT2D eigenvalue weighted by Crippen LogP contribution is -2.38. The second-order valence-corrected chi connectivity index (χ2v) is 7.40. The van der Waals surface area contributed by atoms with E-state index < -0.39 is 0 Å². The molecule has 0 bridgehead atoms. The van der Waals surface area contributed by atoms with E-state index in [0.29, 0.717) is 43.6 Å². The maximum atomic E-state index is 12.7. The van der Waals surface area contributed by atoms with E-state index in [1.165, 1.54) is 0 Å². The van der Waals surface area contributed by atoms with Crippen molar-refractivity contribution in [2.75, 3.05) is 45.5 Å². The van der Waals surface area contributed by atoms with Gasteiger partial charge in [-0.25, -0.2) is 0 Å². The fraction of sp³-hybridized carbons (Fsp3) is 0.417. The minimum atomic E-state index is -0.247. The van der Waals surface area contributed by atoms with Gasteiger partial charge in [0.1, 0.15) is 19.0 Å². The van der Waals surface area contributed by atoms with E-state index in [1.807, 2.05) is 49.4 Å². The molecule has 1 heterocycles. The molecule has 0 saturated carbocycles. The highest BCUT2D eigenvalue weighted by Crippen LogP contribution is 2.32. The third-order valence-electron chi connectivity index (χ3n) is 5.21. The Labute approximate surface area is 188 Å². The molecule has 0 radical (unpaired) electrons. The number of amides is 2. The molecule has 0 saturated heterocycles. The average Bonchev–Trinajstić information content (AvgIpc) is 2.82. The number of para-hydroxylation sites is 2. The normalized spacial score (nSPS) is 13.5. The zero-order valence-electron chi connectivity index (χ0n) is 18.8. The highest BCUT2D eigenvalue weighted by atomic mass is 16.5. The van der Waals surface area contributed by atoms with Gasteiger partial charge in [0, 0.05) is 20.0 Å². The van der Waals surface area contributed by atoms with Gasteiger partial charge in [0.25, 0.3) is 0 Å². The summed E-state index contributed by atoms with van der Waals surface area (Å²) in [7, 11) is 3.18. The van der Waals surface area contributed by atoms with Gasteiger partial charge in [0.2, 0.25) is 11.8 Å². The SMILES string of the molecule is COCCOc1ccc(C(C)NC(=O)CCC(=O)N2CCOc3ccccc32)cc1OC. The van der Waals surface area contributed by atoms with Crippen LogP contribution in [0.4, 0.5) is 5.69 Å². The van der Waals surface area contributed by atoms with Gasteiger partial charge in [-0.3, -0.25) is 9.59 Å². The van der Waals surface area contributed by atoms with Crippen molar-refractivity contribution in [1.29, 1.82) is 0 Å². The third-order valence-corrected chi connectivity index (χ3v) is 5.21. The van der Waals surface area contributed by atoms with Gasteiger partial charge in [-0.15, -0.1) is 0 Å². The van der Waals surface area contributed by atoms with Gasteiger partial charge < -0.3 is 29.2 Å². The first-order chi connectivity index (χ1) is 15.5. The largest absolute Gasteiger partial charge is 0.493 e. The van der Waals surface area contributed by atoms with Crippen molar-refractivity contribution in [3.8, 4) is 17.2 Å². The van der Waals surface area contributed by atoms with E-state index in [0.717, 1.165) is 11.3 Å². The molecule has 1 atom stereocenters. The Bertz CT molecular complexity index is 932. The summed E-state index contributed by atoms with van der Waals surface area (Å²) < 4.78 is 21.6. The van der Waals surface area contributed by atoms with Crippen molar-refractivity contribution in [2.45, 2.75) is 25.8 Å². The highest BCUT2D eigenvalue weighted by molar-refractivity contribution is 5.97. The number of anilines is 1. The molecule has 32 heavy (non-hydrogen) atoms. The second kappa shape index (κ2) is 11.4. The summed E-state index contributed by atoms with van der Waals surface area (Å²) in [4.78, 5) is 26.9. The molecule has 0 aliphatic carbocycles. The first kappa shape index (κ1) is 23.4. The van der Waals surface area contributed by atoms with Crippen LogP contribution < -0.4 is 24.4 Å². The fourth-order valence-electron chi connectivity index (χ4n) is 3.49. The number of hydrogen-bond donors (Lipinski definition) is 1. The monoisotopic (exact) mass is 442 g/mol. The van der Waals surface area contributed by atoms with Gasteiger partial charge in [0.15, 0.2) is 11.5 Å². The van der Waals surface area contributed by atoms with Crippen LogP contribution in [0.1, 0.15) is 31.4 Å². The predicted molar refractivity (Wildman–Crippen MR) is 120 cm³/mol. The molecular formula is C24H30N2O6. The molecular weight excluding hydrogens is 412 g/mol. The quantitative estimate of drug-likeness (QED) is 0.569. The molecule has 2 amide bonds. The van der Waals surface area contributed by atoms with E-state index in [1.54, 1.807) is 19.1 Å². The van der Waals surface area contributed by atoms with Crippen LogP contribution in [0.2, 0.25) is 0 Å². The topological polar surface area (TPSA) is 86.3 Å². The molecule has 0 spiro atoms. The number of rotatable bonds is 10. The van der Waals surface area contributed by atoms with Crippen LogP contribution >= 0.6 is 0 Å². The summed E-state index contributed by atoms with van der Waals surface area (Å²) >= 11 is 0. The average molecular weight is 443 g/mol. The maximum Gasteiger partial charge on any atom is 0.227 e. The molecule has 1 unspecified atom stereocenters. The Hall–Kier alpha value is -3.26. The lowest BCUT2D eigenvalue weighted by Gasteiger charge is -2.29. The van der Waals surface area contributed by atoms with E-state index in [9.17, 15) is 9.59 Å². The van der Waals surface area contributed by atoms with Crippen molar-refractivity contribution in [3.63, 3.8) is 0 Å². The van der Waals surface area contributed by atoms with Crippen molar-refractivity contribution < 1.29 is 28.5 Å². The maximum absolute atomic E-state index is 12.7. The van der Waals surface area contributed by atoms with Crippen LogP contribution in [-0.4, -0.2) is 52.4 Å². The number of hydrogen-bond acceptors (Lipinski definition) is 6. The highest BCUT2D eigenvalue weighted by Gasteiger charge is 2.24. The number of carbonyl (C=O) groups is 2. The first-order valence-electron chi connectivity index (χ1n) is 10.6. The fourth-order valence-corrected chi connectivity index (χ4v) is 3.49. The van der Waals surface area contributed by atoms with Crippen LogP contribution in [0, 0.1) is 0 Å². The van der Waals surface area contributed by atoms with Gasteiger partial charge in [-0.05, 0) is 36.8 Å². The Morgan fingerprint density at radius 2 is 1.91 bits per heavy atom. The molecule has 3 rings (SSSR count). The number of benzene rings is 2. The summed E-state index contributed by atoms with van der Waals surface area (Å²) in [5.74, 6) is 1.60. The van der Waals surface area contributed by atoms with Crippen molar-refractivity contribution >= 4 is 17.5 Å². The summed E-state index contributed by atoms with van der Waals surface area (Å²) in [6.45, 7) is 3.70. The number of carbonyl (C=O) groups excluding carboxylic acids is 2. The molecule has 0 fully saturated rings. The number of methoxy groups -OCH3 is 2.